The lowest BCUT2D eigenvalue weighted by molar-refractivity contribution is 0.182. The minimum Gasteiger partial charge on any atom is -0.383 e. The molecule has 98 valence electrons. The number of methoxy groups -OCH3 is 1. The molecule has 6 heteroatoms. The molecule has 1 atom stereocenters. The van der Waals surface area contributed by atoms with E-state index in [4.69, 9.17) is 4.74 Å². The van der Waals surface area contributed by atoms with Gasteiger partial charge in [-0.05, 0) is 41.2 Å². The van der Waals surface area contributed by atoms with Crippen LogP contribution in [0, 0.1) is 0 Å². The summed E-state index contributed by atoms with van der Waals surface area (Å²) in [5, 5.41) is 7.68. The Morgan fingerprint density at radius 3 is 2.94 bits per heavy atom. The van der Waals surface area contributed by atoms with E-state index in [1.54, 1.807) is 18.4 Å². The second-order valence-corrected chi connectivity index (χ2v) is 6.33. The Hall–Kier alpha value is -0.690. The highest BCUT2D eigenvalue weighted by Crippen LogP contribution is 2.30. The first-order chi connectivity index (χ1) is 8.76. The highest BCUT2D eigenvalue weighted by atomic mass is 79.9. The zero-order valence-electron chi connectivity index (χ0n) is 10.4. The van der Waals surface area contributed by atoms with E-state index in [1.165, 1.54) is 4.88 Å². The van der Waals surface area contributed by atoms with Crippen molar-refractivity contribution in [1.29, 1.82) is 0 Å². The molecule has 4 nitrogen and oxygen atoms in total. The molecule has 0 radical (unpaired) electrons. The van der Waals surface area contributed by atoms with Gasteiger partial charge in [0.2, 0.25) is 0 Å². The van der Waals surface area contributed by atoms with Gasteiger partial charge in [0.05, 0.1) is 28.7 Å². The molecule has 18 heavy (non-hydrogen) atoms. The molecule has 0 aliphatic carbocycles. The highest BCUT2D eigenvalue weighted by molar-refractivity contribution is 9.11. The summed E-state index contributed by atoms with van der Waals surface area (Å²) in [6.07, 6.45) is 1.83. The molecule has 0 aliphatic heterocycles. The van der Waals surface area contributed by atoms with Crippen LogP contribution >= 0.6 is 27.3 Å². The summed E-state index contributed by atoms with van der Waals surface area (Å²) >= 11 is 5.23. The average molecular weight is 330 g/mol. The summed E-state index contributed by atoms with van der Waals surface area (Å²) in [6, 6.07) is 6.41. The normalized spacial score (nSPS) is 12.8. The van der Waals surface area contributed by atoms with Crippen LogP contribution in [-0.4, -0.2) is 30.5 Å². The SMILES string of the molecule is CNC(c1ccc(Br)s1)c1ccnn1CCOC. The van der Waals surface area contributed by atoms with E-state index in [2.05, 4.69) is 38.5 Å². The largest absolute Gasteiger partial charge is 0.383 e. The molecule has 2 heterocycles. The summed E-state index contributed by atoms with van der Waals surface area (Å²) in [7, 11) is 3.67. The predicted octanol–water partition coefficient (Wildman–Crippen LogP) is 2.66. The molecule has 1 unspecified atom stereocenters. The first-order valence-corrected chi connectivity index (χ1v) is 7.30. The molecular formula is C12H16BrN3OS. The molecular weight excluding hydrogens is 314 g/mol. The standard InChI is InChI=1S/C12H16BrN3OS/c1-14-12(10-3-4-11(13)18-10)9-5-6-15-16(9)7-8-17-2/h3-6,12,14H,7-8H2,1-2H3. The summed E-state index contributed by atoms with van der Waals surface area (Å²) in [4.78, 5) is 1.27. The molecule has 0 saturated carbocycles. The molecule has 0 aromatic carbocycles. The van der Waals surface area contributed by atoms with Gasteiger partial charge in [-0.2, -0.15) is 5.10 Å². The number of hydrogen-bond acceptors (Lipinski definition) is 4. The van der Waals surface area contributed by atoms with Gasteiger partial charge in [0.25, 0.3) is 0 Å². The Morgan fingerprint density at radius 1 is 1.50 bits per heavy atom. The number of rotatable bonds is 6. The van der Waals surface area contributed by atoms with Crippen LogP contribution in [0.1, 0.15) is 16.6 Å². The van der Waals surface area contributed by atoms with Crippen molar-refractivity contribution in [3.05, 3.63) is 38.8 Å². The van der Waals surface area contributed by atoms with Crippen molar-refractivity contribution in [2.75, 3.05) is 20.8 Å². The van der Waals surface area contributed by atoms with Gasteiger partial charge in [0.15, 0.2) is 0 Å². The maximum absolute atomic E-state index is 5.11. The monoisotopic (exact) mass is 329 g/mol. The van der Waals surface area contributed by atoms with Crippen molar-refractivity contribution in [1.82, 2.24) is 15.1 Å². The number of aromatic nitrogens is 2. The fourth-order valence-electron chi connectivity index (χ4n) is 1.87. The van der Waals surface area contributed by atoms with Crippen molar-refractivity contribution in [2.45, 2.75) is 12.6 Å². The first-order valence-electron chi connectivity index (χ1n) is 5.69. The molecule has 0 aliphatic rings. The van der Waals surface area contributed by atoms with Crippen molar-refractivity contribution in [2.24, 2.45) is 0 Å². The van der Waals surface area contributed by atoms with Gasteiger partial charge in [0.1, 0.15) is 0 Å². The minimum absolute atomic E-state index is 0.167. The molecule has 2 rings (SSSR count). The second-order valence-electron chi connectivity index (χ2n) is 3.84. The van der Waals surface area contributed by atoms with Crippen LogP contribution in [0.25, 0.3) is 0 Å². The quantitative estimate of drug-likeness (QED) is 0.885. The van der Waals surface area contributed by atoms with Crippen LogP contribution in [0.5, 0.6) is 0 Å². The van der Waals surface area contributed by atoms with Gasteiger partial charge in [0, 0.05) is 18.2 Å². The van der Waals surface area contributed by atoms with Crippen molar-refractivity contribution in [3.63, 3.8) is 0 Å². The Kier molecular flexibility index (Phi) is 4.94. The Morgan fingerprint density at radius 2 is 2.33 bits per heavy atom. The van der Waals surface area contributed by atoms with Crippen LogP contribution in [0.4, 0.5) is 0 Å². The summed E-state index contributed by atoms with van der Waals surface area (Å²) in [5.41, 5.74) is 1.16. The highest BCUT2D eigenvalue weighted by Gasteiger charge is 2.18. The number of thiophene rings is 1. The maximum atomic E-state index is 5.11. The van der Waals surface area contributed by atoms with Gasteiger partial charge in [-0.1, -0.05) is 0 Å². The van der Waals surface area contributed by atoms with E-state index < -0.39 is 0 Å². The molecule has 0 fully saturated rings. The lowest BCUT2D eigenvalue weighted by Gasteiger charge is -2.16. The van der Waals surface area contributed by atoms with Crippen LogP contribution in [0.3, 0.4) is 0 Å². The Balaban J connectivity index is 2.24. The van der Waals surface area contributed by atoms with Crippen LogP contribution < -0.4 is 5.32 Å². The molecule has 2 aromatic rings. The zero-order valence-corrected chi connectivity index (χ0v) is 12.8. The van der Waals surface area contributed by atoms with E-state index in [-0.39, 0.29) is 6.04 Å². The topological polar surface area (TPSA) is 39.1 Å². The molecule has 0 bridgehead atoms. The van der Waals surface area contributed by atoms with Crippen LogP contribution in [0.15, 0.2) is 28.2 Å². The molecule has 1 N–H and O–H groups in total. The fraction of sp³-hybridized carbons (Fsp3) is 0.417. The lowest BCUT2D eigenvalue weighted by Crippen LogP contribution is -2.21. The molecule has 0 spiro atoms. The van der Waals surface area contributed by atoms with Gasteiger partial charge >= 0.3 is 0 Å². The van der Waals surface area contributed by atoms with Crippen LogP contribution in [0.2, 0.25) is 0 Å². The third-order valence-electron chi connectivity index (χ3n) is 2.72. The number of ether oxygens (including phenoxy) is 1. The lowest BCUT2D eigenvalue weighted by atomic mass is 10.1. The van der Waals surface area contributed by atoms with Crippen molar-refractivity contribution in [3.8, 4) is 0 Å². The predicted molar refractivity (Wildman–Crippen MR) is 77.0 cm³/mol. The molecule has 2 aromatic heterocycles. The number of halogens is 1. The molecule has 0 amide bonds. The van der Waals surface area contributed by atoms with Gasteiger partial charge in [-0.15, -0.1) is 11.3 Å². The van der Waals surface area contributed by atoms with Crippen molar-refractivity contribution >= 4 is 27.3 Å². The molecule has 0 saturated heterocycles. The average Bonchev–Trinajstić information content (AvgIpc) is 2.98. The maximum Gasteiger partial charge on any atom is 0.0839 e. The van der Waals surface area contributed by atoms with E-state index in [9.17, 15) is 0 Å². The van der Waals surface area contributed by atoms with Crippen LogP contribution in [-0.2, 0) is 11.3 Å². The van der Waals surface area contributed by atoms with E-state index in [1.807, 2.05) is 24.0 Å². The van der Waals surface area contributed by atoms with Gasteiger partial charge in [-0.3, -0.25) is 4.68 Å². The smallest absolute Gasteiger partial charge is 0.0839 e. The minimum atomic E-state index is 0.167. The first kappa shape index (κ1) is 13.7. The summed E-state index contributed by atoms with van der Waals surface area (Å²) in [5.74, 6) is 0. The van der Waals surface area contributed by atoms with Gasteiger partial charge in [-0.25, -0.2) is 0 Å². The van der Waals surface area contributed by atoms with E-state index >= 15 is 0 Å². The van der Waals surface area contributed by atoms with E-state index in [0.717, 1.165) is 16.0 Å². The third kappa shape index (κ3) is 3.00. The Labute approximate surface area is 119 Å². The zero-order chi connectivity index (χ0) is 13.0. The van der Waals surface area contributed by atoms with Crippen molar-refractivity contribution < 1.29 is 4.74 Å². The Bertz CT molecular complexity index is 497. The van der Waals surface area contributed by atoms with Gasteiger partial charge < -0.3 is 10.1 Å². The third-order valence-corrected chi connectivity index (χ3v) is 4.41. The number of hydrogen-bond donors (Lipinski definition) is 1. The fourth-order valence-corrected chi connectivity index (χ4v) is 3.42. The van der Waals surface area contributed by atoms with E-state index in [0.29, 0.717) is 6.61 Å². The summed E-state index contributed by atoms with van der Waals surface area (Å²) in [6.45, 7) is 1.43. The number of nitrogens with zero attached hydrogens (tertiary/aromatic N) is 2. The summed E-state index contributed by atoms with van der Waals surface area (Å²) < 4.78 is 8.23. The number of nitrogens with one attached hydrogen (secondary N) is 1. The second kappa shape index (κ2) is 6.47.